The largest absolute Gasteiger partial charge is 0.398 e. The zero-order valence-corrected chi connectivity index (χ0v) is 12.4. The number of amides is 1. The fourth-order valence-electron chi connectivity index (χ4n) is 1.80. The number of nitrogens with zero attached hydrogens (tertiary/aromatic N) is 1. The molecule has 2 N–H and O–H groups in total. The van der Waals surface area contributed by atoms with Crippen LogP contribution in [0.3, 0.4) is 0 Å². The van der Waals surface area contributed by atoms with Crippen molar-refractivity contribution in [3.8, 4) is 0 Å². The highest BCUT2D eigenvalue weighted by Crippen LogP contribution is 2.24. The van der Waals surface area contributed by atoms with Crippen molar-refractivity contribution in [1.82, 2.24) is 4.90 Å². The quantitative estimate of drug-likeness (QED) is 0.817. The van der Waals surface area contributed by atoms with Crippen molar-refractivity contribution in [2.24, 2.45) is 5.92 Å². The number of carbonyl (C=O) groups is 1. The number of carbonyl (C=O) groups excluding carboxylic acids is 1. The molecule has 0 saturated carbocycles. The second-order valence-corrected chi connectivity index (χ2v) is 5.22. The predicted molar refractivity (Wildman–Crippen MR) is 78.5 cm³/mol. The van der Waals surface area contributed by atoms with E-state index in [0.29, 0.717) is 41.9 Å². The molecule has 0 radical (unpaired) electrons. The standard InChI is InChI=1S/C14H21ClN2O2/c1-10(2)9-17(7-8-19-3)14(18)11-5-4-6-12(16)13(11)15/h4-6,10H,7-9,16H2,1-3H3. The van der Waals surface area contributed by atoms with E-state index >= 15 is 0 Å². The summed E-state index contributed by atoms with van der Waals surface area (Å²) in [7, 11) is 1.62. The number of hydrogen-bond acceptors (Lipinski definition) is 3. The Balaban J connectivity index is 2.94. The molecule has 1 amide bonds. The van der Waals surface area contributed by atoms with Gasteiger partial charge in [0, 0.05) is 20.2 Å². The van der Waals surface area contributed by atoms with Crippen molar-refractivity contribution in [3.63, 3.8) is 0 Å². The van der Waals surface area contributed by atoms with Crippen molar-refractivity contribution in [3.05, 3.63) is 28.8 Å². The molecule has 0 saturated heterocycles. The summed E-state index contributed by atoms with van der Waals surface area (Å²) in [5.41, 5.74) is 6.60. The highest BCUT2D eigenvalue weighted by molar-refractivity contribution is 6.36. The number of hydrogen-bond donors (Lipinski definition) is 1. The van der Waals surface area contributed by atoms with Crippen LogP contribution in [0.15, 0.2) is 18.2 Å². The van der Waals surface area contributed by atoms with Gasteiger partial charge in [0.1, 0.15) is 0 Å². The Morgan fingerprint density at radius 3 is 2.74 bits per heavy atom. The highest BCUT2D eigenvalue weighted by Gasteiger charge is 2.19. The molecule has 0 heterocycles. The van der Waals surface area contributed by atoms with E-state index in [-0.39, 0.29) is 5.91 Å². The SMILES string of the molecule is COCCN(CC(C)C)C(=O)c1cccc(N)c1Cl. The summed E-state index contributed by atoms with van der Waals surface area (Å²) < 4.78 is 5.04. The van der Waals surface area contributed by atoms with Crippen LogP contribution in [0.1, 0.15) is 24.2 Å². The fraction of sp³-hybridized carbons (Fsp3) is 0.500. The molecular formula is C14H21ClN2O2. The third-order valence-electron chi connectivity index (χ3n) is 2.70. The van der Waals surface area contributed by atoms with Crippen LogP contribution in [0.25, 0.3) is 0 Å². The monoisotopic (exact) mass is 284 g/mol. The number of methoxy groups -OCH3 is 1. The summed E-state index contributed by atoms with van der Waals surface area (Å²) in [5, 5.41) is 0.318. The molecule has 0 aromatic heterocycles. The smallest absolute Gasteiger partial charge is 0.255 e. The number of anilines is 1. The van der Waals surface area contributed by atoms with E-state index < -0.39 is 0 Å². The van der Waals surface area contributed by atoms with Crippen LogP contribution in [0.2, 0.25) is 5.02 Å². The number of ether oxygens (including phenoxy) is 1. The Kier molecular flexibility index (Phi) is 6.12. The summed E-state index contributed by atoms with van der Waals surface area (Å²) in [5.74, 6) is 0.267. The van der Waals surface area contributed by atoms with Gasteiger partial charge in [0.25, 0.3) is 5.91 Å². The second-order valence-electron chi connectivity index (χ2n) is 4.85. The van der Waals surface area contributed by atoms with E-state index in [1.165, 1.54) is 0 Å². The molecule has 1 aromatic carbocycles. The maximum absolute atomic E-state index is 12.5. The minimum Gasteiger partial charge on any atom is -0.398 e. The summed E-state index contributed by atoms with van der Waals surface area (Å²) in [6, 6.07) is 5.11. The van der Waals surface area contributed by atoms with Crippen molar-refractivity contribution in [2.45, 2.75) is 13.8 Å². The molecule has 0 aliphatic carbocycles. The van der Waals surface area contributed by atoms with Crippen LogP contribution in [-0.2, 0) is 4.74 Å². The zero-order valence-electron chi connectivity index (χ0n) is 11.6. The first-order valence-electron chi connectivity index (χ1n) is 6.29. The second kappa shape index (κ2) is 7.36. The predicted octanol–water partition coefficient (Wildman–Crippen LogP) is 2.67. The van der Waals surface area contributed by atoms with E-state index in [2.05, 4.69) is 13.8 Å². The van der Waals surface area contributed by atoms with Gasteiger partial charge in [0.05, 0.1) is 22.9 Å². The van der Waals surface area contributed by atoms with Crippen molar-refractivity contribution >= 4 is 23.2 Å². The Hall–Kier alpha value is -1.26. The van der Waals surface area contributed by atoms with Gasteiger partial charge < -0.3 is 15.4 Å². The lowest BCUT2D eigenvalue weighted by Gasteiger charge is -2.25. The van der Waals surface area contributed by atoms with Gasteiger partial charge in [0.15, 0.2) is 0 Å². The van der Waals surface area contributed by atoms with E-state index in [1.807, 2.05) is 0 Å². The fourth-order valence-corrected chi connectivity index (χ4v) is 2.01. The minimum atomic E-state index is -0.108. The van der Waals surface area contributed by atoms with E-state index in [1.54, 1.807) is 30.2 Å². The number of rotatable bonds is 6. The van der Waals surface area contributed by atoms with Crippen LogP contribution in [0.4, 0.5) is 5.69 Å². The Morgan fingerprint density at radius 1 is 1.47 bits per heavy atom. The Labute approximate surface area is 119 Å². The van der Waals surface area contributed by atoms with Crippen LogP contribution < -0.4 is 5.73 Å². The molecule has 19 heavy (non-hydrogen) atoms. The normalized spacial score (nSPS) is 10.8. The lowest BCUT2D eigenvalue weighted by Crippen LogP contribution is -2.37. The number of benzene rings is 1. The average molecular weight is 285 g/mol. The van der Waals surface area contributed by atoms with Crippen LogP contribution >= 0.6 is 11.6 Å². The minimum absolute atomic E-state index is 0.108. The number of nitrogen functional groups attached to an aromatic ring is 1. The molecular weight excluding hydrogens is 264 g/mol. The van der Waals surface area contributed by atoms with Gasteiger partial charge in [-0.1, -0.05) is 31.5 Å². The van der Waals surface area contributed by atoms with Crippen molar-refractivity contribution < 1.29 is 9.53 Å². The molecule has 5 heteroatoms. The lowest BCUT2D eigenvalue weighted by atomic mass is 10.1. The maximum Gasteiger partial charge on any atom is 0.255 e. The molecule has 1 rings (SSSR count). The van der Waals surface area contributed by atoms with Crippen LogP contribution in [0.5, 0.6) is 0 Å². The van der Waals surface area contributed by atoms with E-state index in [9.17, 15) is 4.79 Å². The van der Waals surface area contributed by atoms with Gasteiger partial charge in [-0.2, -0.15) is 0 Å². The molecule has 0 fully saturated rings. The summed E-state index contributed by atoms with van der Waals surface area (Å²) in [4.78, 5) is 14.2. The zero-order chi connectivity index (χ0) is 14.4. The molecule has 0 atom stereocenters. The van der Waals surface area contributed by atoms with Gasteiger partial charge in [-0.05, 0) is 18.1 Å². The number of halogens is 1. The molecule has 0 spiro atoms. The maximum atomic E-state index is 12.5. The topological polar surface area (TPSA) is 55.6 Å². The molecule has 106 valence electrons. The molecule has 1 aromatic rings. The van der Waals surface area contributed by atoms with Crippen molar-refractivity contribution in [2.75, 3.05) is 32.5 Å². The highest BCUT2D eigenvalue weighted by atomic mass is 35.5. The Morgan fingerprint density at radius 2 is 2.16 bits per heavy atom. The lowest BCUT2D eigenvalue weighted by molar-refractivity contribution is 0.0672. The molecule has 0 aliphatic heterocycles. The van der Waals surface area contributed by atoms with Gasteiger partial charge >= 0.3 is 0 Å². The molecule has 0 unspecified atom stereocenters. The molecule has 0 bridgehead atoms. The van der Waals surface area contributed by atoms with Gasteiger partial charge in [-0.25, -0.2) is 0 Å². The van der Waals surface area contributed by atoms with Gasteiger partial charge in [0.2, 0.25) is 0 Å². The molecule has 0 aliphatic rings. The first-order chi connectivity index (χ1) is 8.97. The van der Waals surface area contributed by atoms with Crippen LogP contribution in [-0.4, -0.2) is 37.6 Å². The first kappa shape index (κ1) is 15.8. The van der Waals surface area contributed by atoms with Crippen LogP contribution in [0, 0.1) is 5.92 Å². The Bertz CT molecular complexity index is 435. The average Bonchev–Trinajstić information content (AvgIpc) is 2.36. The van der Waals surface area contributed by atoms with E-state index in [0.717, 1.165) is 0 Å². The summed E-state index contributed by atoms with van der Waals surface area (Å²) in [6.45, 7) is 5.83. The van der Waals surface area contributed by atoms with Gasteiger partial charge in [-0.15, -0.1) is 0 Å². The van der Waals surface area contributed by atoms with Gasteiger partial charge in [-0.3, -0.25) is 4.79 Å². The molecule has 4 nitrogen and oxygen atoms in total. The third kappa shape index (κ3) is 4.40. The third-order valence-corrected chi connectivity index (χ3v) is 3.12. The van der Waals surface area contributed by atoms with Crippen molar-refractivity contribution in [1.29, 1.82) is 0 Å². The summed E-state index contributed by atoms with van der Waals surface area (Å²) in [6.07, 6.45) is 0. The first-order valence-corrected chi connectivity index (χ1v) is 6.67. The summed E-state index contributed by atoms with van der Waals surface area (Å²) >= 11 is 6.10. The number of nitrogens with two attached hydrogens (primary N) is 1. The van der Waals surface area contributed by atoms with E-state index in [4.69, 9.17) is 22.1 Å².